The molecule has 1 aromatic carbocycles. The quantitative estimate of drug-likeness (QED) is 0.847. The topological polar surface area (TPSA) is 49.4 Å². The molecule has 6 heteroatoms. The molecule has 26 heavy (non-hydrogen) atoms. The van der Waals surface area contributed by atoms with E-state index in [4.69, 9.17) is 0 Å². The highest BCUT2D eigenvalue weighted by atomic mass is 32.2. The molecule has 0 spiro atoms. The minimum Gasteiger partial charge on any atom is -0.354 e. The average molecular weight is 379 g/mol. The van der Waals surface area contributed by atoms with Crippen molar-refractivity contribution in [3.05, 3.63) is 35.6 Å². The molecule has 0 radical (unpaired) electrons. The summed E-state index contributed by atoms with van der Waals surface area (Å²) in [5, 5.41) is 2.97. The second-order valence-electron chi connectivity index (χ2n) is 7.15. The zero-order valence-electron chi connectivity index (χ0n) is 15.2. The molecule has 3 rings (SSSR count). The molecule has 1 saturated heterocycles. The summed E-state index contributed by atoms with van der Waals surface area (Å²) in [4.78, 5) is 27.6. The van der Waals surface area contributed by atoms with Gasteiger partial charge in [-0.15, -0.1) is 11.8 Å². The van der Waals surface area contributed by atoms with E-state index in [0.717, 1.165) is 19.3 Å². The molecule has 2 amide bonds. The van der Waals surface area contributed by atoms with Gasteiger partial charge in [0.2, 0.25) is 5.91 Å². The van der Waals surface area contributed by atoms with Crippen LogP contribution in [0.25, 0.3) is 0 Å². The van der Waals surface area contributed by atoms with Crippen molar-refractivity contribution in [2.45, 2.75) is 56.9 Å². The van der Waals surface area contributed by atoms with Gasteiger partial charge in [0, 0.05) is 17.9 Å². The van der Waals surface area contributed by atoms with Crippen molar-refractivity contribution in [2.24, 2.45) is 5.92 Å². The number of carbonyl (C=O) groups is 2. The summed E-state index contributed by atoms with van der Waals surface area (Å²) in [6, 6.07) is 5.19. The van der Waals surface area contributed by atoms with E-state index in [1.54, 1.807) is 16.7 Å². The molecule has 2 atom stereocenters. The van der Waals surface area contributed by atoms with Gasteiger partial charge in [0.1, 0.15) is 11.9 Å². The van der Waals surface area contributed by atoms with Crippen LogP contribution in [0.4, 0.5) is 4.39 Å². The van der Waals surface area contributed by atoms with Gasteiger partial charge in [-0.05, 0) is 49.4 Å². The standard InChI is InChI=1S/C20H27FN2O2S/c1-2-12-22-18(24)17-13-26-20(15-6-4-3-5-7-15)23(17)19(25)14-8-10-16(21)11-9-14/h8-11,15,17,20H,2-7,12-13H2,1H3,(H,22,24)/t17-,20+/m0/s1. The minimum atomic E-state index is -0.448. The molecule has 1 aromatic rings. The number of nitrogens with one attached hydrogen (secondary N) is 1. The lowest BCUT2D eigenvalue weighted by molar-refractivity contribution is -0.125. The normalized spacial score (nSPS) is 23.8. The highest BCUT2D eigenvalue weighted by Crippen LogP contribution is 2.41. The van der Waals surface area contributed by atoms with Crippen molar-refractivity contribution < 1.29 is 14.0 Å². The number of thioether (sulfide) groups is 1. The van der Waals surface area contributed by atoms with Gasteiger partial charge in [-0.3, -0.25) is 9.59 Å². The number of hydrogen-bond donors (Lipinski definition) is 1. The van der Waals surface area contributed by atoms with Crippen LogP contribution >= 0.6 is 11.8 Å². The number of hydrogen-bond acceptors (Lipinski definition) is 3. The van der Waals surface area contributed by atoms with Crippen molar-refractivity contribution in [1.82, 2.24) is 10.2 Å². The Kier molecular flexibility index (Phi) is 6.57. The first kappa shape index (κ1) is 19.2. The molecule has 4 nitrogen and oxygen atoms in total. The molecule has 2 fully saturated rings. The number of halogens is 1. The van der Waals surface area contributed by atoms with Crippen molar-refractivity contribution in [3.8, 4) is 0 Å². The van der Waals surface area contributed by atoms with Crippen molar-refractivity contribution in [3.63, 3.8) is 0 Å². The molecule has 1 saturated carbocycles. The maximum absolute atomic E-state index is 13.2. The third-order valence-electron chi connectivity index (χ3n) is 5.27. The van der Waals surface area contributed by atoms with Crippen LogP contribution < -0.4 is 5.32 Å². The molecule has 1 heterocycles. The number of nitrogens with zero attached hydrogens (tertiary/aromatic N) is 1. The molecule has 0 bridgehead atoms. The lowest BCUT2D eigenvalue weighted by Crippen LogP contribution is -2.51. The Bertz CT molecular complexity index is 631. The lowest BCUT2D eigenvalue weighted by atomic mass is 9.88. The Morgan fingerprint density at radius 2 is 1.88 bits per heavy atom. The van der Waals surface area contributed by atoms with Crippen LogP contribution in [0.5, 0.6) is 0 Å². The molecule has 1 aliphatic carbocycles. The fraction of sp³-hybridized carbons (Fsp3) is 0.600. The molecule has 142 valence electrons. The summed E-state index contributed by atoms with van der Waals surface area (Å²) in [7, 11) is 0. The predicted octanol–water partition coefficient (Wildman–Crippen LogP) is 3.82. The Hall–Kier alpha value is -1.56. The van der Waals surface area contributed by atoms with Gasteiger partial charge in [0.25, 0.3) is 5.91 Å². The zero-order valence-corrected chi connectivity index (χ0v) is 16.1. The minimum absolute atomic E-state index is 0.0326. The summed E-state index contributed by atoms with van der Waals surface area (Å²) in [6.07, 6.45) is 6.70. The first-order valence-electron chi connectivity index (χ1n) is 9.59. The van der Waals surface area contributed by atoms with Crippen LogP contribution in [0.2, 0.25) is 0 Å². The first-order valence-corrected chi connectivity index (χ1v) is 10.6. The second kappa shape index (κ2) is 8.89. The van der Waals surface area contributed by atoms with Crippen LogP contribution in [-0.4, -0.2) is 40.4 Å². The van der Waals surface area contributed by atoms with Gasteiger partial charge in [0.15, 0.2) is 0 Å². The van der Waals surface area contributed by atoms with E-state index in [1.165, 1.54) is 43.5 Å². The summed E-state index contributed by atoms with van der Waals surface area (Å²) < 4.78 is 13.2. The average Bonchev–Trinajstić information content (AvgIpc) is 3.12. The van der Waals surface area contributed by atoms with Crippen molar-refractivity contribution in [1.29, 1.82) is 0 Å². The SMILES string of the molecule is CCCNC(=O)[C@@H]1CS[C@H](C2CCCCC2)N1C(=O)c1ccc(F)cc1. The zero-order chi connectivity index (χ0) is 18.5. The fourth-order valence-corrected chi connectivity index (χ4v) is 5.52. The largest absolute Gasteiger partial charge is 0.354 e. The van der Waals surface area contributed by atoms with E-state index in [2.05, 4.69) is 5.32 Å². The molecule has 1 N–H and O–H groups in total. The van der Waals surface area contributed by atoms with Crippen LogP contribution in [0.3, 0.4) is 0 Å². The number of amides is 2. The van der Waals surface area contributed by atoms with Crippen LogP contribution in [0.15, 0.2) is 24.3 Å². The molecule has 2 aliphatic rings. The maximum Gasteiger partial charge on any atom is 0.255 e. The first-order chi connectivity index (χ1) is 12.6. The smallest absolute Gasteiger partial charge is 0.255 e. The van der Waals surface area contributed by atoms with Crippen LogP contribution in [-0.2, 0) is 4.79 Å². The fourth-order valence-electron chi connectivity index (χ4n) is 3.88. The Morgan fingerprint density at radius 3 is 2.54 bits per heavy atom. The van der Waals surface area contributed by atoms with Crippen molar-refractivity contribution in [2.75, 3.05) is 12.3 Å². The lowest BCUT2D eigenvalue weighted by Gasteiger charge is -2.35. The van der Waals surface area contributed by atoms with Gasteiger partial charge < -0.3 is 10.2 Å². The number of rotatable bonds is 5. The van der Waals surface area contributed by atoms with E-state index in [-0.39, 0.29) is 23.0 Å². The summed E-state index contributed by atoms with van der Waals surface area (Å²) in [6.45, 7) is 2.63. The van der Waals surface area contributed by atoms with Gasteiger partial charge in [-0.1, -0.05) is 26.2 Å². The Labute approximate surface area is 158 Å². The summed E-state index contributed by atoms with van der Waals surface area (Å²) >= 11 is 1.72. The highest BCUT2D eigenvalue weighted by molar-refractivity contribution is 8.00. The van der Waals surface area contributed by atoms with E-state index in [0.29, 0.717) is 23.8 Å². The molecule has 0 unspecified atom stereocenters. The predicted molar refractivity (Wildman–Crippen MR) is 102 cm³/mol. The third kappa shape index (κ3) is 4.22. The van der Waals surface area contributed by atoms with E-state index < -0.39 is 6.04 Å². The molecule has 1 aliphatic heterocycles. The number of carbonyl (C=O) groups excluding carboxylic acids is 2. The molecular formula is C20H27FN2O2S. The van der Waals surface area contributed by atoms with Gasteiger partial charge in [0.05, 0.1) is 5.37 Å². The van der Waals surface area contributed by atoms with E-state index >= 15 is 0 Å². The highest BCUT2D eigenvalue weighted by Gasteiger charge is 2.45. The van der Waals surface area contributed by atoms with Gasteiger partial charge in [-0.25, -0.2) is 4.39 Å². The molecule has 0 aromatic heterocycles. The monoisotopic (exact) mass is 378 g/mol. The van der Waals surface area contributed by atoms with Crippen molar-refractivity contribution >= 4 is 23.6 Å². The Morgan fingerprint density at radius 1 is 1.19 bits per heavy atom. The maximum atomic E-state index is 13.2. The summed E-state index contributed by atoms with van der Waals surface area (Å²) in [5.74, 6) is 0.458. The van der Waals surface area contributed by atoms with E-state index in [1.807, 2.05) is 6.92 Å². The Balaban J connectivity index is 1.84. The summed E-state index contributed by atoms with van der Waals surface area (Å²) in [5.41, 5.74) is 0.447. The van der Waals surface area contributed by atoms with Crippen LogP contribution in [0.1, 0.15) is 55.8 Å². The van der Waals surface area contributed by atoms with E-state index in [9.17, 15) is 14.0 Å². The van der Waals surface area contributed by atoms with Crippen LogP contribution in [0, 0.1) is 11.7 Å². The molecular weight excluding hydrogens is 351 g/mol. The van der Waals surface area contributed by atoms with Gasteiger partial charge in [-0.2, -0.15) is 0 Å². The third-order valence-corrected chi connectivity index (χ3v) is 6.73. The number of benzene rings is 1. The second-order valence-corrected chi connectivity index (χ2v) is 8.30. The van der Waals surface area contributed by atoms with Gasteiger partial charge >= 0.3 is 0 Å².